The van der Waals surface area contributed by atoms with E-state index in [4.69, 9.17) is 5.21 Å². The first-order chi connectivity index (χ1) is 10.9. The molecule has 0 spiro atoms. The molecule has 0 aromatic heterocycles. The fraction of sp³-hybridized carbons (Fsp3) is 0.471. The quantitative estimate of drug-likeness (QED) is 0.432. The summed E-state index contributed by atoms with van der Waals surface area (Å²) < 4.78 is 40.6. The zero-order valence-electron chi connectivity index (χ0n) is 12.9. The Morgan fingerprint density at radius 1 is 1.30 bits per heavy atom. The molecule has 0 heterocycles. The summed E-state index contributed by atoms with van der Waals surface area (Å²) in [5.74, 6) is -0.233. The van der Waals surface area contributed by atoms with E-state index in [-0.39, 0.29) is 11.7 Å². The lowest BCUT2D eigenvalue weighted by atomic mass is 9.93. The third-order valence-electron chi connectivity index (χ3n) is 3.99. The predicted molar refractivity (Wildman–Crippen MR) is 82.6 cm³/mol. The molecule has 0 aliphatic heterocycles. The zero-order valence-corrected chi connectivity index (χ0v) is 12.9. The first kappa shape index (κ1) is 17.4. The SMILES string of the molecule is CCCCC1=C(c2ccc(OC(F)(F)F)cc2)C(C=NO)CC1. The monoisotopic (exact) mass is 327 g/mol. The lowest BCUT2D eigenvalue weighted by Gasteiger charge is -2.14. The molecular weight excluding hydrogens is 307 g/mol. The number of hydrogen-bond acceptors (Lipinski definition) is 3. The Kier molecular flexibility index (Phi) is 5.69. The standard InChI is InChI=1S/C17H20F3NO2/c1-2-3-4-12-5-6-14(11-21-22)16(12)13-7-9-15(10-8-13)23-17(18,19)20/h7-11,14,22H,2-6H2,1H3. The van der Waals surface area contributed by atoms with Gasteiger partial charge in [0.1, 0.15) is 5.75 Å². The molecule has 1 N–H and O–H groups in total. The number of nitrogens with zero attached hydrogens (tertiary/aromatic N) is 1. The lowest BCUT2D eigenvalue weighted by molar-refractivity contribution is -0.274. The van der Waals surface area contributed by atoms with Gasteiger partial charge in [0.2, 0.25) is 0 Å². The van der Waals surface area contributed by atoms with E-state index in [0.717, 1.165) is 43.2 Å². The highest BCUT2D eigenvalue weighted by molar-refractivity contribution is 5.86. The summed E-state index contributed by atoms with van der Waals surface area (Å²) in [5, 5.41) is 12.0. The Bertz CT molecular complexity index is 576. The van der Waals surface area contributed by atoms with E-state index in [0.29, 0.717) is 0 Å². The number of oxime groups is 1. The fourth-order valence-electron chi connectivity index (χ4n) is 3.00. The molecule has 126 valence electrons. The molecule has 1 aliphatic rings. The van der Waals surface area contributed by atoms with Crippen molar-refractivity contribution in [2.24, 2.45) is 11.1 Å². The Morgan fingerprint density at radius 2 is 2.00 bits per heavy atom. The van der Waals surface area contributed by atoms with Crippen molar-refractivity contribution < 1.29 is 23.1 Å². The minimum Gasteiger partial charge on any atom is -0.411 e. The van der Waals surface area contributed by atoms with E-state index < -0.39 is 6.36 Å². The Morgan fingerprint density at radius 3 is 2.57 bits per heavy atom. The molecule has 1 aliphatic carbocycles. The summed E-state index contributed by atoms with van der Waals surface area (Å²) in [6.07, 6.45) is 1.69. The maximum absolute atomic E-state index is 12.2. The Labute approximate surface area is 133 Å². The zero-order chi connectivity index (χ0) is 16.9. The largest absolute Gasteiger partial charge is 0.573 e. The highest BCUT2D eigenvalue weighted by atomic mass is 19.4. The summed E-state index contributed by atoms with van der Waals surface area (Å²) in [5.41, 5.74) is 3.21. The van der Waals surface area contributed by atoms with Gasteiger partial charge in [-0.15, -0.1) is 18.3 Å². The molecule has 1 atom stereocenters. The number of hydrogen-bond donors (Lipinski definition) is 1. The highest BCUT2D eigenvalue weighted by Crippen LogP contribution is 2.40. The molecule has 1 aromatic carbocycles. The summed E-state index contributed by atoms with van der Waals surface area (Å²) in [7, 11) is 0. The van der Waals surface area contributed by atoms with Gasteiger partial charge in [-0.05, 0) is 49.0 Å². The minimum atomic E-state index is -4.69. The van der Waals surface area contributed by atoms with Crippen LogP contribution < -0.4 is 4.74 Å². The first-order valence-electron chi connectivity index (χ1n) is 7.70. The van der Waals surface area contributed by atoms with Crippen LogP contribution in [-0.2, 0) is 0 Å². The summed E-state index contributed by atoms with van der Waals surface area (Å²) in [4.78, 5) is 0. The smallest absolute Gasteiger partial charge is 0.411 e. The van der Waals surface area contributed by atoms with Gasteiger partial charge in [-0.2, -0.15) is 0 Å². The van der Waals surface area contributed by atoms with Crippen molar-refractivity contribution in [1.29, 1.82) is 0 Å². The van der Waals surface area contributed by atoms with Crippen molar-refractivity contribution in [3.8, 4) is 5.75 Å². The van der Waals surface area contributed by atoms with Gasteiger partial charge in [0.25, 0.3) is 0 Å². The van der Waals surface area contributed by atoms with E-state index in [2.05, 4.69) is 16.8 Å². The molecule has 0 fully saturated rings. The van der Waals surface area contributed by atoms with Crippen LogP contribution in [0.3, 0.4) is 0 Å². The Balaban J connectivity index is 2.27. The number of unbranched alkanes of at least 4 members (excludes halogenated alkanes) is 1. The van der Waals surface area contributed by atoms with Crippen LogP contribution in [0, 0.1) is 5.92 Å². The van der Waals surface area contributed by atoms with Gasteiger partial charge in [-0.3, -0.25) is 0 Å². The maximum atomic E-state index is 12.2. The van der Waals surface area contributed by atoms with Crippen LogP contribution in [-0.4, -0.2) is 17.8 Å². The van der Waals surface area contributed by atoms with Gasteiger partial charge in [-0.25, -0.2) is 0 Å². The summed E-state index contributed by atoms with van der Waals surface area (Å²) in [6, 6.07) is 5.90. The molecule has 0 saturated carbocycles. The number of benzene rings is 1. The van der Waals surface area contributed by atoms with Crippen molar-refractivity contribution in [3.63, 3.8) is 0 Å². The number of alkyl halides is 3. The Hall–Kier alpha value is -1.98. The molecular formula is C17H20F3NO2. The molecule has 1 aromatic rings. The van der Waals surface area contributed by atoms with E-state index in [9.17, 15) is 13.2 Å². The highest BCUT2D eigenvalue weighted by Gasteiger charge is 2.31. The lowest BCUT2D eigenvalue weighted by Crippen LogP contribution is -2.17. The van der Waals surface area contributed by atoms with Gasteiger partial charge < -0.3 is 9.94 Å². The van der Waals surface area contributed by atoms with E-state index in [1.165, 1.54) is 23.9 Å². The normalized spacial score (nSPS) is 18.9. The minimum absolute atomic E-state index is 0.00115. The number of halogens is 3. The van der Waals surface area contributed by atoms with Crippen molar-refractivity contribution in [2.75, 3.05) is 0 Å². The molecule has 6 heteroatoms. The van der Waals surface area contributed by atoms with Crippen molar-refractivity contribution in [2.45, 2.75) is 45.4 Å². The molecule has 0 bridgehead atoms. The molecule has 3 nitrogen and oxygen atoms in total. The third kappa shape index (κ3) is 4.74. The van der Waals surface area contributed by atoms with Gasteiger partial charge in [0.05, 0.1) is 6.21 Å². The second-order valence-electron chi connectivity index (χ2n) is 5.60. The summed E-state index contributed by atoms with van der Waals surface area (Å²) >= 11 is 0. The summed E-state index contributed by atoms with van der Waals surface area (Å²) in [6.45, 7) is 2.12. The topological polar surface area (TPSA) is 41.8 Å². The average Bonchev–Trinajstić information content (AvgIpc) is 2.87. The molecule has 23 heavy (non-hydrogen) atoms. The van der Waals surface area contributed by atoms with Crippen LogP contribution >= 0.6 is 0 Å². The van der Waals surface area contributed by atoms with Gasteiger partial charge in [-0.1, -0.05) is 31.1 Å². The van der Waals surface area contributed by atoms with Gasteiger partial charge >= 0.3 is 6.36 Å². The average molecular weight is 327 g/mol. The van der Waals surface area contributed by atoms with Crippen molar-refractivity contribution >= 4 is 11.8 Å². The van der Waals surface area contributed by atoms with Crippen LogP contribution in [0.1, 0.15) is 44.6 Å². The van der Waals surface area contributed by atoms with Crippen LogP contribution in [0.4, 0.5) is 13.2 Å². The first-order valence-corrected chi connectivity index (χ1v) is 7.70. The third-order valence-corrected chi connectivity index (χ3v) is 3.99. The molecule has 0 amide bonds. The molecule has 2 rings (SSSR count). The van der Waals surface area contributed by atoms with Crippen LogP contribution in [0.5, 0.6) is 5.75 Å². The number of ether oxygens (including phenoxy) is 1. The van der Waals surface area contributed by atoms with Crippen LogP contribution in [0.15, 0.2) is 35.0 Å². The molecule has 0 saturated heterocycles. The van der Waals surface area contributed by atoms with Crippen LogP contribution in [0.2, 0.25) is 0 Å². The number of allylic oxidation sites excluding steroid dienone is 2. The maximum Gasteiger partial charge on any atom is 0.573 e. The van der Waals surface area contributed by atoms with E-state index in [1.54, 1.807) is 12.1 Å². The van der Waals surface area contributed by atoms with Crippen molar-refractivity contribution in [3.05, 3.63) is 35.4 Å². The van der Waals surface area contributed by atoms with E-state index in [1.807, 2.05) is 0 Å². The number of rotatable bonds is 6. The molecule has 1 unspecified atom stereocenters. The van der Waals surface area contributed by atoms with Crippen molar-refractivity contribution in [1.82, 2.24) is 0 Å². The second kappa shape index (κ2) is 7.53. The van der Waals surface area contributed by atoms with E-state index >= 15 is 0 Å². The fourth-order valence-corrected chi connectivity index (χ4v) is 3.00. The second-order valence-corrected chi connectivity index (χ2v) is 5.60. The van der Waals surface area contributed by atoms with Crippen LogP contribution in [0.25, 0.3) is 5.57 Å². The van der Waals surface area contributed by atoms with Gasteiger partial charge in [0.15, 0.2) is 0 Å². The van der Waals surface area contributed by atoms with Gasteiger partial charge in [0, 0.05) is 5.92 Å². The molecule has 0 radical (unpaired) electrons. The predicted octanol–water partition coefficient (Wildman–Crippen LogP) is 5.40.